The van der Waals surface area contributed by atoms with Gasteiger partial charge < -0.3 is 5.32 Å². The third-order valence-corrected chi connectivity index (χ3v) is 5.98. The van der Waals surface area contributed by atoms with E-state index in [1.165, 1.54) is 4.68 Å². The average Bonchev–Trinajstić information content (AvgIpc) is 2.77. The van der Waals surface area contributed by atoms with Crippen molar-refractivity contribution in [1.82, 2.24) is 9.78 Å². The smallest absolute Gasteiger partial charge is 0.276 e. The van der Waals surface area contributed by atoms with Crippen LogP contribution in [-0.2, 0) is 16.4 Å². The zero-order chi connectivity index (χ0) is 22.9. The van der Waals surface area contributed by atoms with E-state index in [2.05, 4.69) is 10.4 Å². The summed E-state index contributed by atoms with van der Waals surface area (Å²) in [6.07, 6.45) is 0.986. The van der Waals surface area contributed by atoms with Crippen LogP contribution in [-0.4, -0.2) is 30.4 Å². The molecule has 0 spiro atoms. The van der Waals surface area contributed by atoms with E-state index in [0.29, 0.717) is 5.39 Å². The van der Waals surface area contributed by atoms with Gasteiger partial charge in [0, 0.05) is 11.6 Å². The highest BCUT2D eigenvalue weighted by molar-refractivity contribution is 7.90. The summed E-state index contributed by atoms with van der Waals surface area (Å²) in [5.74, 6) is -1.57. The number of hydrogen-bond donors (Lipinski definition) is 1. The quantitative estimate of drug-likeness (QED) is 0.470. The van der Waals surface area contributed by atoms with Crippen molar-refractivity contribution < 1.29 is 17.6 Å². The Morgan fingerprint density at radius 3 is 2.34 bits per heavy atom. The molecule has 0 fully saturated rings. The van der Waals surface area contributed by atoms with Gasteiger partial charge >= 0.3 is 0 Å². The zero-order valence-electron chi connectivity index (χ0n) is 16.9. The molecule has 1 aromatic heterocycles. The van der Waals surface area contributed by atoms with Gasteiger partial charge in [0.25, 0.3) is 11.5 Å². The van der Waals surface area contributed by atoms with Gasteiger partial charge in [0.1, 0.15) is 5.82 Å². The van der Waals surface area contributed by atoms with E-state index in [1.54, 1.807) is 24.3 Å². The topological polar surface area (TPSA) is 98.1 Å². The third-order valence-electron chi connectivity index (χ3n) is 4.87. The van der Waals surface area contributed by atoms with Gasteiger partial charge in [-0.3, -0.25) is 9.59 Å². The minimum atomic E-state index is -3.60. The molecule has 0 saturated heterocycles. The van der Waals surface area contributed by atoms with Crippen molar-refractivity contribution in [3.8, 4) is 0 Å². The van der Waals surface area contributed by atoms with Crippen LogP contribution in [0.2, 0.25) is 0 Å². The first kappa shape index (κ1) is 21.4. The minimum Gasteiger partial charge on any atom is -0.318 e. The maximum atomic E-state index is 14.3. The molecule has 0 aliphatic heterocycles. The molecule has 0 aliphatic rings. The van der Waals surface area contributed by atoms with Crippen molar-refractivity contribution in [1.29, 1.82) is 0 Å². The van der Waals surface area contributed by atoms with Crippen LogP contribution in [0.4, 0.5) is 10.1 Å². The van der Waals surface area contributed by atoms with Crippen LogP contribution in [0.1, 0.15) is 16.1 Å². The number of fused-ring (bicyclic) bond motifs is 1. The number of hydrogen-bond acceptors (Lipinski definition) is 5. The molecule has 3 aromatic carbocycles. The number of aromatic nitrogens is 2. The van der Waals surface area contributed by atoms with Crippen LogP contribution in [0.3, 0.4) is 0 Å². The molecule has 32 heavy (non-hydrogen) atoms. The number of carbonyl (C=O) groups is 1. The van der Waals surface area contributed by atoms with Crippen LogP contribution >= 0.6 is 0 Å². The highest BCUT2D eigenvalue weighted by Crippen LogP contribution is 2.21. The first-order valence-electron chi connectivity index (χ1n) is 9.59. The van der Waals surface area contributed by atoms with Crippen LogP contribution in [0, 0.1) is 5.82 Å². The third kappa shape index (κ3) is 4.28. The van der Waals surface area contributed by atoms with Crippen molar-refractivity contribution in [2.24, 2.45) is 0 Å². The number of benzene rings is 3. The number of carbonyl (C=O) groups excluding carboxylic acids is 1. The number of anilines is 1. The molecule has 0 radical (unpaired) electrons. The fraction of sp³-hybridized carbons (Fsp3) is 0.0870. The number of sulfone groups is 1. The maximum Gasteiger partial charge on any atom is 0.276 e. The first-order chi connectivity index (χ1) is 15.2. The van der Waals surface area contributed by atoms with Crippen LogP contribution in [0.15, 0.2) is 82.5 Å². The van der Waals surface area contributed by atoms with E-state index < -0.39 is 21.6 Å². The lowest BCUT2D eigenvalue weighted by Gasteiger charge is -2.12. The molecule has 0 atom stereocenters. The molecule has 1 amide bonds. The molecule has 7 nitrogen and oxygen atoms in total. The van der Waals surface area contributed by atoms with E-state index in [0.717, 1.165) is 30.0 Å². The standard InChI is InChI=1S/C23H18FN3O4S/c1-32(30,31)16-11-12-19(24)20(13-16)25-22(28)21-17-9-5-6-10-18(17)23(29)27(26-21)14-15-7-3-2-4-8-15/h2-13H,14H2,1H3,(H,25,28). The van der Waals surface area contributed by atoms with Gasteiger partial charge in [-0.05, 0) is 29.8 Å². The van der Waals surface area contributed by atoms with E-state index in [1.807, 2.05) is 30.3 Å². The van der Waals surface area contributed by atoms with Crippen LogP contribution in [0.25, 0.3) is 10.8 Å². The molecule has 0 aliphatic carbocycles. The molecule has 9 heteroatoms. The molecule has 0 bridgehead atoms. The highest BCUT2D eigenvalue weighted by atomic mass is 32.2. The molecule has 1 heterocycles. The molecule has 0 saturated carbocycles. The second kappa shape index (κ2) is 8.35. The van der Waals surface area contributed by atoms with Gasteiger partial charge in [0.05, 0.1) is 22.5 Å². The van der Waals surface area contributed by atoms with Gasteiger partial charge in [-0.15, -0.1) is 0 Å². The van der Waals surface area contributed by atoms with Gasteiger partial charge in [0.15, 0.2) is 15.5 Å². The summed E-state index contributed by atoms with van der Waals surface area (Å²) in [4.78, 5) is 25.8. The molecule has 4 rings (SSSR count). The second-order valence-corrected chi connectivity index (χ2v) is 9.23. The normalized spacial score (nSPS) is 11.4. The monoisotopic (exact) mass is 451 g/mol. The van der Waals surface area contributed by atoms with Gasteiger partial charge in [0.2, 0.25) is 0 Å². The van der Waals surface area contributed by atoms with Crippen LogP contribution in [0.5, 0.6) is 0 Å². The SMILES string of the molecule is CS(=O)(=O)c1ccc(F)c(NC(=O)c2nn(Cc3ccccc3)c(=O)c3ccccc23)c1. The molecule has 1 N–H and O–H groups in total. The summed E-state index contributed by atoms with van der Waals surface area (Å²) in [7, 11) is -3.60. The predicted molar refractivity (Wildman–Crippen MR) is 119 cm³/mol. The summed E-state index contributed by atoms with van der Waals surface area (Å²) in [5, 5.41) is 7.22. The van der Waals surface area contributed by atoms with Crippen molar-refractivity contribution in [2.45, 2.75) is 11.4 Å². The molecule has 0 unspecified atom stereocenters. The van der Waals surface area contributed by atoms with Crippen molar-refractivity contribution in [3.63, 3.8) is 0 Å². The Balaban J connectivity index is 1.79. The van der Waals surface area contributed by atoms with E-state index in [4.69, 9.17) is 0 Å². The van der Waals surface area contributed by atoms with E-state index in [9.17, 15) is 22.4 Å². The Morgan fingerprint density at radius 1 is 1.00 bits per heavy atom. The second-order valence-electron chi connectivity index (χ2n) is 7.21. The van der Waals surface area contributed by atoms with Crippen molar-refractivity contribution in [3.05, 3.63) is 100 Å². The molecule has 4 aromatic rings. The van der Waals surface area contributed by atoms with Crippen molar-refractivity contribution in [2.75, 3.05) is 11.6 Å². The number of nitrogens with zero attached hydrogens (tertiary/aromatic N) is 2. The number of nitrogens with one attached hydrogen (secondary N) is 1. The Bertz CT molecular complexity index is 1500. The zero-order valence-corrected chi connectivity index (χ0v) is 17.8. The van der Waals surface area contributed by atoms with Crippen LogP contribution < -0.4 is 10.9 Å². The van der Waals surface area contributed by atoms with Gasteiger partial charge in [-0.1, -0.05) is 48.5 Å². The lowest BCUT2D eigenvalue weighted by molar-refractivity contribution is 0.102. The lowest BCUT2D eigenvalue weighted by Crippen LogP contribution is -2.28. The molecular formula is C23H18FN3O4S. The number of amides is 1. The average molecular weight is 451 g/mol. The van der Waals surface area contributed by atoms with Crippen molar-refractivity contribution >= 4 is 32.2 Å². The molecular weight excluding hydrogens is 433 g/mol. The molecule has 162 valence electrons. The summed E-state index contributed by atoms with van der Waals surface area (Å²) in [5.41, 5.74) is 0.0619. The number of halogens is 1. The van der Waals surface area contributed by atoms with Gasteiger partial charge in [-0.2, -0.15) is 5.10 Å². The summed E-state index contributed by atoms with van der Waals surface area (Å²) in [6.45, 7) is 0.142. The largest absolute Gasteiger partial charge is 0.318 e. The highest BCUT2D eigenvalue weighted by Gasteiger charge is 2.19. The Kier molecular flexibility index (Phi) is 5.58. The Labute approximate surface area is 183 Å². The summed E-state index contributed by atoms with van der Waals surface area (Å²) >= 11 is 0. The summed E-state index contributed by atoms with van der Waals surface area (Å²) < 4.78 is 39.1. The predicted octanol–water partition coefficient (Wildman–Crippen LogP) is 3.24. The number of rotatable bonds is 5. The maximum absolute atomic E-state index is 14.3. The minimum absolute atomic E-state index is 0.0831. The van der Waals surface area contributed by atoms with Gasteiger partial charge in [-0.25, -0.2) is 17.5 Å². The lowest BCUT2D eigenvalue weighted by atomic mass is 10.1. The fourth-order valence-corrected chi connectivity index (χ4v) is 3.93. The fourth-order valence-electron chi connectivity index (χ4n) is 3.28. The summed E-state index contributed by atoms with van der Waals surface area (Å²) in [6, 6.07) is 18.8. The Morgan fingerprint density at radius 2 is 1.66 bits per heavy atom. The van der Waals surface area contributed by atoms with E-state index >= 15 is 0 Å². The van der Waals surface area contributed by atoms with E-state index in [-0.39, 0.29) is 33.8 Å². The Hall–Kier alpha value is -3.85. The first-order valence-corrected chi connectivity index (χ1v) is 11.5.